The van der Waals surface area contributed by atoms with Crippen LogP contribution >= 0.6 is 0 Å². The number of carbonyl (C=O) groups excluding carboxylic acids is 2. The lowest BCUT2D eigenvalue weighted by Gasteiger charge is -2.39. The van der Waals surface area contributed by atoms with Gasteiger partial charge < -0.3 is 50.5 Å². The molecule has 2 aromatic carbocycles. The lowest BCUT2D eigenvalue weighted by atomic mass is 9.65. The summed E-state index contributed by atoms with van der Waals surface area (Å²) >= 11 is 0. The van der Waals surface area contributed by atoms with Gasteiger partial charge in [0.05, 0.1) is 39.3 Å². The van der Waals surface area contributed by atoms with Gasteiger partial charge in [0.2, 0.25) is 18.4 Å². The van der Waals surface area contributed by atoms with Gasteiger partial charge in [0, 0.05) is 11.8 Å². The van der Waals surface area contributed by atoms with E-state index in [1.165, 1.54) is 14.2 Å². The molecule has 42 heavy (non-hydrogen) atoms. The normalized spacial score (nSPS) is 21.8. The Morgan fingerprint density at radius 3 is 2.26 bits per heavy atom. The van der Waals surface area contributed by atoms with Crippen molar-refractivity contribution in [2.45, 2.75) is 31.2 Å². The summed E-state index contributed by atoms with van der Waals surface area (Å²) in [7, 11) is 2.91. The fourth-order valence-corrected chi connectivity index (χ4v) is 6.12. The molecule has 6 N–H and O–H groups in total. The molecule has 1 amide bonds. The van der Waals surface area contributed by atoms with E-state index in [2.05, 4.69) is 16.0 Å². The van der Waals surface area contributed by atoms with Crippen LogP contribution in [0.2, 0.25) is 0 Å². The van der Waals surface area contributed by atoms with Gasteiger partial charge in [-0.3, -0.25) is 9.59 Å². The number of amides is 1. The number of carbonyl (C=O) groups is 2. The summed E-state index contributed by atoms with van der Waals surface area (Å²) in [6.07, 6.45) is 2.90. The van der Waals surface area contributed by atoms with Crippen molar-refractivity contribution in [2.75, 3.05) is 60.3 Å². The second-order valence-electron chi connectivity index (χ2n) is 10.7. The topological polar surface area (TPSA) is 163 Å². The summed E-state index contributed by atoms with van der Waals surface area (Å²) in [4.78, 5) is 26.4. The minimum Gasteiger partial charge on any atom is -0.502 e. The molecular weight excluding hydrogens is 544 g/mol. The van der Waals surface area contributed by atoms with Crippen molar-refractivity contribution >= 4 is 11.9 Å². The van der Waals surface area contributed by atoms with Gasteiger partial charge in [-0.15, -0.1) is 0 Å². The van der Waals surface area contributed by atoms with E-state index < -0.39 is 17.9 Å². The zero-order valence-electron chi connectivity index (χ0n) is 24.1. The maximum atomic E-state index is 13.3. The Labute approximate surface area is 245 Å². The SMILES string of the molecule is COc1cc(C2c3cc4c(cc3[C@@H](NC(=O)CNCCCCNCCCN)C3COC(=O)[C@H]23)OCO4)cc(OC)c1O. The standard InChI is InChI=1S/C30H40N4O8/c1-38-23-10-17(11-24(39-2)29(23)36)26-18-12-21-22(42-16-41-21)13-19(18)28(20-15-40-30(37)27(20)26)34-25(35)14-33-8-4-3-7-32-9-5-6-31/h10-13,20,26-28,32-33,36H,3-9,14-16,31H2,1-2H3,(H,34,35)/t20?,26?,27-,28+/m0/s1. The molecule has 0 radical (unpaired) electrons. The Morgan fingerprint density at radius 1 is 0.952 bits per heavy atom. The van der Waals surface area contributed by atoms with Crippen LogP contribution in [0.3, 0.4) is 0 Å². The number of aromatic hydroxyl groups is 1. The van der Waals surface area contributed by atoms with Gasteiger partial charge in [-0.1, -0.05) is 0 Å². The summed E-state index contributed by atoms with van der Waals surface area (Å²) < 4.78 is 27.8. The minimum atomic E-state index is -0.596. The van der Waals surface area contributed by atoms with Crippen LogP contribution in [-0.2, 0) is 14.3 Å². The lowest BCUT2D eigenvalue weighted by Crippen LogP contribution is -2.45. The number of rotatable bonds is 14. The highest BCUT2D eigenvalue weighted by Crippen LogP contribution is 2.55. The first kappa shape index (κ1) is 29.7. The highest BCUT2D eigenvalue weighted by Gasteiger charge is 2.53. The average molecular weight is 585 g/mol. The van der Waals surface area contributed by atoms with E-state index >= 15 is 0 Å². The van der Waals surface area contributed by atoms with Crippen molar-refractivity contribution in [1.29, 1.82) is 0 Å². The summed E-state index contributed by atoms with van der Waals surface area (Å²) in [5, 5.41) is 20.3. The van der Waals surface area contributed by atoms with Gasteiger partial charge in [-0.2, -0.15) is 0 Å². The quantitative estimate of drug-likeness (QED) is 0.162. The zero-order valence-corrected chi connectivity index (χ0v) is 24.1. The van der Waals surface area contributed by atoms with Crippen molar-refractivity contribution in [2.24, 2.45) is 17.6 Å². The first-order chi connectivity index (χ1) is 20.5. The number of benzene rings is 2. The van der Waals surface area contributed by atoms with Gasteiger partial charge in [0.25, 0.3) is 0 Å². The fraction of sp³-hybridized carbons (Fsp3) is 0.533. The molecule has 0 spiro atoms. The lowest BCUT2D eigenvalue weighted by molar-refractivity contribution is -0.141. The Hall–Kier alpha value is -3.74. The first-order valence-corrected chi connectivity index (χ1v) is 14.4. The number of ether oxygens (including phenoxy) is 5. The molecule has 228 valence electrons. The number of methoxy groups -OCH3 is 2. The summed E-state index contributed by atoms with van der Waals surface area (Å²) in [5.74, 6) is -0.457. The maximum absolute atomic E-state index is 13.3. The molecule has 3 aliphatic rings. The van der Waals surface area contributed by atoms with Crippen LogP contribution in [0.15, 0.2) is 24.3 Å². The zero-order chi connectivity index (χ0) is 29.6. The van der Waals surface area contributed by atoms with Gasteiger partial charge in [-0.05, 0) is 86.4 Å². The molecule has 0 saturated carbocycles. The highest BCUT2D eigenvalue weighted by molar-refractivity contribution is 5.81. The molecule has 1 saturated heterocycles. The smallest absolute Gasteiger partial charge is 0.310 e. The summed E-state index contributed by atoms with van der Waals surface area (Å²) in [6, 6.07) is 6.68. The number of nitrogens with two attached hydrogens (primary N) is 1. The molecule has 2 heterocycles. The van der Waals surface area contributed by atoms with E-state index in [4.69, 9.17) is 29.4 Å². The van der Waals surface area contributed by atoms with E-state index in [0.29, 0.717) is 30.2 Å². The van der Waals surface area contributed by atoms with Crippen LogP contribution in [0.25, 0.3) is 0 Å². The fourth-order valence-electron chi connectivity index (χ4n) is 6.12. The predicted octanol–water partition coefficient (Wildman–Crippen LogP) is 1.54. The molecule has 2 aliphatic heterocycles. The number of unbranched alkanes of at least 4 members (excludes halogenated alkanes) is 1. The van der Waals surface area contributed by atoms with Crippen LogP contribution in [0.4, 0.5) is 0 Å². The molecule has 0 bridgehead atoms. The number of nitrogens with one attached hydrogen (secondary N) is 3. The van der Waals surface area contributed by atoms with Crippen molar-refractivity contribution in [3.63, 3.8) is 0 Å². The van der Waals surface area contributed by atoms with Gasteiger partial charge >= 0.3 is 5.97 Å². The van der Waals surface area contributed by atoms with Crippen LogP contribution in [0, 0.1) is 11.8 Å². The Kier molecular flexibility index (Phi) is 9.55. The number of fused-ring (bicyclic) bond motifs is 3. The second kappa shape index (κ2) is 13.5. The van der Waals surface area contributed by atoms with Crippen LogP contribution < -0.4 is 40.6 Å². The largest absolute Gasteiger partial charge is 0.502 e. The molecule has 4 atom stereocenters. The van der Waals surface area contributed by atoms with Crippen molar-refractivity contribution in [3.05, 3.63) is 41.0 Å². The number of phenolic OH excluding ortho intramolecular Hbond substituents is 1. The van der Waals surface area contributed by atoms with E-state index in [1.807, 2.05) is 12.1 Å². The molecule has 12 nitrogen and oxygen atoms in total. The molecule has 0 aromatic heterocycles. The summed E-state index contributed by atoms with van der Waals surface area (Å²) in [6.45, 7) is 3.63. The van der Waals surface area contributed by atoms with Crippen molar-refractivity contribution < 1.29 is 38.4 Å². The van der Waals surface area contributed by atoms with Crippen LogP contribution in [-0.4, -0.2) is 77.3 Å². The van der Waals surface area contributed by atoms with Crippen LogP contribution in [0.1, 0.15) is 47.9 Å². The number of esters is 1. The van der Waals surface area contributed by atoms with Crippen LogP contribution in [0.5, 0.6) is 28.7 Å². The molecule has 5 rings (SSSR count). The monoisotopic (exact) mass is 584 g/mol. The van der Waals surface area contributed by atoms with Crippen molar-refractivity contribution in [1.82, 2.24) is 16.0 Å². The molecule has 12 heteroatoms. The van der Waals surface area contributed by atoms with Gasteiger partial charge in [0.1, 0.15) is 0 Å². The number of hydrogen-bond acceptors (Lipinski definition) is 11. The molecule has 1 fully saturated rings. The third-order valence-corrected chi connectivity index (χ3v) is 8.17. The van der Waals surface area contributed by atoms with E-state index in [-0.39, 0.29) is 55.0 Å². The maximum Gasteiger partial charge on any atom is 0.310 e. The molecule has 2 unspecified atom stereocenters. The van der Waals surface area contributed by atoms with E-state index in [9.17, 15) is 14.7 Å². The van der Waals surface area contributed by atoms with E-state index in [0.717, 1.165) is 43.5 Å². The Morgan fingerprint density at radius 2 is 1.60 bits per heavy atom. The number of cyclic esters (lactones) is 1. The molecule has 1 aliphatic carbocycles. The Balaban J connectivity index is 1.38. The average Bonchev–Trinajstić information content (AvgIpc) is 3.62. The van der Waals surface area contributed by atoms with Gasteiger partial charge in [-0.25, -0.2) is 0 Å². The minimum absolute atomic E-state index is 0.0854. The van der Waals surface area contributed by atoms with Gasteiger partial charge in [0.15, 0.2) is 23.0 Å². The van der Waals surface area contributed by atoms with Crippen molar-refractivity contribution in [3.8, 4) is 28.7 Å². The predicted molar refractivity (Wildman–Crippen MR) is 153 cm³/mol. The Bertz CT molecular complexity index is 1260. The number of phenols is 1. The third kappa shape index (κ3) is 6.06. The number of hydrogen-bond donors (Lipinski definition) is 5. The first-order valence-electron chi connectivity index (χ1n) is 14.4. The molecule has 2 aromatic rings. The highest BCUT2D eigenvalue weighted by atomic mass is 16.7. The van der Waals surface area contributed by atoms with E-state index in [1.54, 1.807) is 12.1 Å². The third-order valence-electron chi connectivity index (χ3n) is 8.17. The second-order valence-corrected chi connectivity index (χ2v) is 10.7. The summed E-state index contributed by atoms with van der Waals surface area (Å²) in [5.41, 5.74) is 7.84. The molecular formula is C30H40N4O8.